The van der Waals surface area contributed by atoms with Crippen molar-refractivity contribution in [3.8, 4) is 0 Å². The number of hydrogen-bond acceptors (Lipinski definition) is 3. The normalized spacial score (nSPS) is 12.1. The molecule has 1 amide bonds. The number of amides is 1. The third-order valence-corrected chi connectivity index (χ3v) is 7.44. The summed E-state index contributed by atoms with van der Waals surface area (Å²) in [7, 11) is -3.92. The van der Waals surface area contributed by atoms with Crippen molar-refractivity contribution < 1.29 is 13.2 Å². The van der Waals surface area contributed by atoms with Crippen LogP contribution in [0.1, 0.15) is 22.3 Å². The Hall–Kier alpha value is -3.74. The molecule has 1 N–H and O–H groups in total. The Morgan fingerprint density at radius 3 is 1.61 bits per heavy atom. The fraction of sp³-hybridized carbons (Fsp3) is 0.167. The number of nitrogens with zero attached hydrogens (tertiary/aromatic N) is 1. The highest BCUT2D eigenvalue weighted by Gasteiger charge is 2.30. The fourth-order valence-corrected chi connectivity index (χ4v) is 5.23. The van der Waals surface area contributed by atoms with E-state index in [-0.39, 0.29) is 17.2 Å². The maximum absolute atomic E-state index is 14.0. The van der Waals surface area contributed by atoms with Gasteiger partial charge in [-0.3, -0.25) is 4.79 Å². The van der Waals surface area contributed by atoms with E-state index < -0.39 is 16.1 Å². The molecule has 6 heteroatoms. The van der Waals surface area contributed by atoms with Crippen LogP contribution in [0.5, 0.6) is 0 Å². The number of carbonyl (C=O) groups is 1. The Morgan fingerprint density at radius 1 is 0.694 bits per heavy atom. The van der Waals surface area contributed by atoms with Gasteiger partial charge in [-0.1, -0.05) is 109 Å². The van der Waals surface area contributed by atoms with Crippen LogP contribution in [0.2, 0.25) is 0 Å². The van der Waals surface area contributed by atoms with Crippen molar-refractivity contribution in [1.29, 1.82) is 0 Å². The summed E-state index contributed by atoms with van der Waals surface area (Å²) in [6.45, 7) is 2.63. The van der Waals surface area contributed by atoms with Crippen LogP contribution < -0.4 is 4.72 Å². The molecule has 0 spiro atoms. The molecule has 1 atom stereocenters. The first kappa shape index (κ1) is 25.4. The molecule has 4 aromatic rings. The largest absolute Gasteiger partial charge is 0.333 e. The molecule has 0 bridgehead atoms. The fourth-order valence-electron chi connectivity index (χ4n) is 4.04. The Bertz CT molecular complexity index is 1320. The molecule has 0 saturated heterocycles. The van der Waals surface area contributed by atoms with Gasteiger partial charge in [-0.25, -0.2) is 8.42 Å². The van der Waals surface area contributed by atoms with Gasteiger partial charge in [-0.15, -0.1) is 0 Å². The molecule has 0 radical (unpaired) electrons. The minimum absolute atomic E-state index is 0.136. The van der Waals surface area contributed by atoms with Crippen LogP contribution in [-0.4, -0.2) is 25.3 Å². The SMILES string of the molecule is Cc1ccc(S(=O)(=O)N[C@@H](Cc2ccccc2)C(=O)N(Cc2ccccc2)Cc2ccccc2)cc1. The number of aryl methyl sites for hydroxylation is 1. The molecule has 0 unspecified atom stereocenters. The zero-order valence-corrected chi connectivity index (χ0v) is 21.1. The molecule has 36 heavy (non-hydrogen) atoms. The first-order chi connectivity index (χ1) is 17.4. The second-order valence-corrected chi connectivity index (χ2v) is 10.6. The maximum Gasteiger partial charge on any atom is 0.241 e. The first-order valence-electron chi connectivity index (χ1n) is 11.9. The van der Waals surface area contributed by atoms with E-state index in [1.54, 1.807) is 29.2 Å². The van der Waals surface area contributed by atoms with Gasteiger partial charge < -0.3 is 4.90 Å². The monoisotopic (exact) mass is 498 g/mol. The van der Waals surface area contributed by atoms with E-state index in [1.165, 1.54) is 0 Å². The van der Waals surface area contributed by atoms with Gasteiger partial charge in [0.05, 0.1) is 4.90 Å². The number of sulfonamides is 1. The van der Waals surface area contributed by atoms with Crippen LogP contribution in [0.4, 0.5) is 0 Å². The van der Waals surface area contributed by atoms with Crippen molar-refractivity contribution in [1.82, 2.24) is 9.62 Å². The van der Waals surface area contributed by atoms with Gasteiger partial charge in [-0.2, -0.15) is 4.72 Å². The predicted molar refractivity (Wildman–Crippen MR) is 143 cm³/mol. The lowest BCUT2D eigenvalue weighted by atomic mass is 10.0. The van der Waals surface area contributed by atoms with E-state index in [1.807, 2.05) is 97.9 Å². The molecule has 0 saturated carbocycles. The topological polar surface area (TPSA) is 66.5 Å². The molecule has 0 fully saturated rings. The van der Waals surface area contributed by atoms with E-state index >= 15 is 0 Å². The molecular formula is C30H30N2O3S. The quantitative estimate of drug-likeness (QED) is 0.330. The van der Waals surface area contributed by atoms with Crippen molar-refractivity contribution in [3.63, 3.8) is 0 Å². The summed E-state index contributed by atoms with van der Waals surface area (Å²) in [5.74, 6) is -0.276. The van der Waals surface area contributed by atoms with E-state index in [4.69, 9.17) is 0 Å². The van der Waals surface area contributed by atoms with Gasteiger partial charge in [0, 0.05) is 13.1 Å². The summed E-state index contributed by atoms with van der Waals surface area (Å²) in [5.41, 5.74) is 3.79. The van der Waals surface area contributed by atoms with Crippen molar-refractivity contribution in [2.75, 3.05) is 0 Å². The number of carbonyl (C=O) groups excluding carboxylic acids is 1. The molecule has 5 nitrogen and oxygen atoms in total. The molecular weight excluding hydrogens is 468 g/mol. The summed E-state index contributed by atoms with van der Waals surface area (Å²) in [4.78, 5) is 15.9. The molecule has 0 aliphatic rings. The number of nitrogens with one attached hydrogen (secondary N) is 1. The highest BCUT2D eigenvalue weighted by Crippen LogP contribution is 2.17. The Balaban J connectivity index is 1.67. The average molecular weight is 499 g/mol. The summed E-state index contributed by atoms with van der Waals surface area (Å²) in [6.07, 6.45) is 0.241. The van der Waals surface area contributed by atoms with Crippen LogP contribution in [0.25, 0.3) is 0 Å². The van der Waals surface area contributed by atoms with E-state index in [9.17, 15) is 13.2 Å². The molecule has 0 aliphatic carbocycles. The molecule has 0 aromatic heterocycles. The Kier molecular flexibility index (Phi) is 8.31. The molecule has 0 heterocycles. The smallest absolute Gasteiger partial charge is 0.241 e. The zero-order valence-electron chi connectivity index (χ0n) is 20.2. The second kappa shape index (κ2) is 11.8. The Labute approximate surface area is 213 Å². The van der Waals surface area contributed by atoms with Crippen LogP contribution >= 0.6 is 0 Å². The van der Waals surface area contributed by atoms with Gasteiger partial charge >= 0.3 is 0 Å². The van der Waals surface area contributed by atoms with Crippen molar-refractivity contribution in [3.05, 3.63) is 138 Å². The number of rotatable bonds is 10. The zero-order chi connectivity index (χ0) is 25.4. The van der Waals surface area contributed by atoms with E-state index in [0.717, 1.165) is 22.3 Å². The van der Waals surface area contributed by atoms with Gasteiger partial charge in [0.15, 0.2) is 0 Å². The standard InChI is InChI=1S/C30H30N2O3S/c1-24-17-19-28(20-18-24)36(34,35)31-29(21-25-11-5-2-6-12-25)30(33)32(22-26-13-7-3-8-14-26)23-27-15-9-4-10-16-27/h2-20,29,31H,21-23H2,1H3/t29-/m0/s1. The highest BCUT2D eigenvalue weighted by molar-refractivity contribution is 7.89. The third kappa shape index (κ3) is 6.90. The molecule has 4 aromatic carbocycles. The van der Waals surface area contributed by atoms with Crippen LogP contribution in [0.3, 0.4) is 0 Å². The van der Waals surface area contributed by atoms with Gasteiger partial charge in [-0.05, 0) is 42.2 Å². The lowest BCUT2D eigenvalue weighted by Crippen LogP contribution is -2.49. The first-order valence-corrected chi connectivity index (χ1v) is 13.4. The minimum Gasteiger partial charge on any atom is -0.333 e. The summed E-state index contributed by atoms with van der Waals surface area (Å²) < 4.78 is 29.3. The number of hydrogen-bond donors (Lipinski definition) is 1. The summed E-state index contributed by atoms with van der Waals surface area (Å²) >= 11 is 0. The second-order valence-electron chi connectivity index (χ2n) is 8.84. The van der Waals surface area contributed by atoms with Crippen molar-refractivity contribution in [2.24, 2.45) is 0 Å². The van der Waals surface area contributed by atoms with Gasteiger partial charge in [0.2, 0.25) is 15.9 Å². The average Bonchev–Trinajstić information content (AvgIpc) is 2.89. The van der Waals surface area contributed by atoms with Crippen LogP contribution in [0.15, 0.2) is 120 Å². The van der Waals surface area contributed by atoms with Crippen molar-refractivity contribution in [2.45, 2.75) is 37.4 Å². The predicted octanol–water partition coefficient (Wildman–Crippen LogP) is 5.11. The number of benzene rings is 4. The van der Waals surface area contributed by atoms with Gasteiger partial charge in [0.25, 0.3) is 0 Å². The minimum atomic E-state index is -3.92. The van der Waals surface area contributed by atoms with E-state index in [2.05, 4.69) is 4.72 Å². The molecule has 4 rings (SSSR count). The summed E-state index contributed by atoms with van der Waals surface area (Å²) in [5, 5.41) is 0. The van der Waals surface area contributed by atoms with Crippen molar-refractivity contribution >= 4 is 15.9 Å². The van der Waals surface area contributed by atoms with Crippen LogP contribution in [0, 0.1) is 6.92 Å². The molecule has 0 aliphatic heterocycles. The lowest BCUT2D eigenvalue weighted by Gasteiger charge is -2.28. The third-order valence-electron chi connectivity index (χ3n) is 5.95. The van der Waals surface area contributed by atoms with Crippen LogP contribution in [-0.2, 0) is 34.3 Å². The van der Waals surface area contributed by atoms with E-state index in [0.29, 0.717) is 13.1 Å². The lowest BCUT2D eigenvalue weighted by molar-refractivity contribution is -0.134. The Morgan fingerprint density at radius 2 is 1.14 bits per heavy atom. The molecule has 184 valence electrons. The highest BCUT2D eigenvalue weighted by atomic mass is 32.2. The van der Waals surface area contributed by atoms with Gasteiger partial charge in [0.1, 0.15) is 6.04 Å². The summed E-state index contributed by atoms with van der Waals surface area (Å²) in [6, 6.07) is 34.6. The maximum atomic E-state index is 14.0.